The van der Waals surface area contributed by atoms with E-state index in [0.717, 1.165) is 18.4 Å². The molecule has 2 aromatic carbocycles. The van der Waals surface area contributed by atoms with Gasteiger partial charge in [-0.15, -0.1) is 0 Å². The van der Waals surface area contributed by atoms with Crippen LogP contribution >= 0.6 is 0 Å². The average molecular weight is 366 g/mol. The number of carbonyl (C=O) groups is 2. The Labute approximate surface area is 160 Å². The van der Waals surface area contributed by atoms with Crippen molar-refractivity contribution in [1.82, 2.24) is 0 Å². The number of nitrogens with one attached hydrogen (secondary N) is 1. The van der Waals surface area contributed by atoms with Crippen LogP contribution in [0.2, 0.25) is 0 Å². The summed E-state index contributed by atoms with van der Waals surface area (Å²) in [5.74, 6) is -0.0604. The van der Waals surface area contributed by atoms with Gasteiger partial charge in [-0.3, -0.25) is 9.59 Å². The van der Waals surface area contributed by atoms with Gasteiger partial charge in [0.2, 0.25) is 5.91 Å². The van der Waals surface area contributed by atoms with Gasteiger partial charge in [-0.1, -0.05) is 24.3 Å². The number of nitrogens with zero attached hydrogens (tertiary/aromatic N) is 1. The minimum absolute atomic E-state index is 0.0723. The van der Waals surface area contributed by atoms with Gasteiger partial charge >= 0.3 is 0 Å². The number of para-hydroxylation sites is 1. The van der Waals surface area contributed by atoms with Crippen LogP contribution in [0.4, 0.5) is 11.4 Å². The summed E-state index contributed by atoms with van der Waals surface area (Å²) in [6.07, 6.45) is 2.01. The van der Waals surface area contributed by atoms with Crippen molar-refractivity contribution in [3.63, 3.8) is 0 Å². The summed E-state index contributed by atoms with van der Waals surface area (Å²) < 4.78 is 5.62. The van der Waals surface area contributed by atoms with Crippen molar-refractivity contribution >= 4 is 23.2 Å². The van der Waals surface area contributed by atoms with E-state index in [0.29, 0.717) is 23.5 Å². The van der Waals surface area contributed by atoms with Crippen molar-refractivity contribution < 1.29 is 14.3 Å². The van der Waals surface area contributed by atoms with E-state index in [1.807, 2.05) is 50.2 Å². The van der Waals surface area contributed by atoms with Crippen molar-refractivity contribution in [3.05, 3.63) is 59.7 Å². The van der Waals surface area contributed by atoms with E-state index in [4.69, 9.17) is 4.74 Å². The molecule has 142 valence electrons. The SMILES string of the molecule is CC(C)OCc1cccc(NC(=O)c2ccccc2N(C)C(=O)C2CC2)c1. The normalized spacial score (nSPS) is 13.5. The predicted octanol–water partition coefficient (Wildman–Crippen LogP) is 4.24. The highest BCUT2D eigenvalue weighted by atomic mass is 16.5. The summed E-state index contributed by atoms with van der Waals surface area (Å²) >= 11 is 0. The Morgan fingerprint density at radius 3 is 2.59 bits per heavy atom. The third-order valence-corrected chi connectivity index (χ3v) is 4.54. The molecule has 0 radical (unpaired) electrons. The minimum Gasteiger partial charge on any atom is -0.374 e. The molecule has 2 amide bonds. The highest BCUT2D eigenvalue weighted by molar-refractivity contribution is 6.10. The lowest BCUT2D eigenvalue weighted by Gasteiger charge is -2.20. The lowest BCUT2D eigenvalue weighted by Crippen LogP contribution is -2.29. The molecule has 3 rings (SSSR count). The second kappa shape index (κ2) is 8.35. The number of carbonyl (C=O) groups excluding carboxylic acids is 2. The molecule has 0 aromatic heterocycles. The molecule has 27 heavy (non-hydrogen) atoms. The summed E-state index contributed by atoms with van der Waals surface area (Å²) in [4.78, 5) is 26.8. The molecule has 1 saturated carbocycles. The average Bonchev–Trinajstić information content (AvgIpc) is 3.50. The molecule has 0 spiro atoms. The number of rotatable bonds is 7. The molecule has 5 heteroatoms. The molecular weight excluding hydrogens is 340 g/mol. The van der Waals surface area contributed by atoms with Crippen molar-refractivity contribution in [2.75, 3.05) is 17.3 Å². The summed E-state index contributed by atoms with van der Waals surface area (Å²) in [7, 11) is 1.73. The van der Waals surface area contributed by atoms with Gasteiger partial charge in [-0.2, -0.15) is 0 Å². The first-order valence-electron chi connectivity index (χ1n) is 9.34. The molecule has 0 saturated heterocycles. The molecule has 1 fully saturated rings. The zero-order chi connectivity index (χ0) is 19.4. The van der Waals surface area contributed by atoms with E-state index in [-0.39, 0.29) is 23.8 Å². The first kappa shape index (κ1) is 19.1. The summed E-state index contributed by atoms with van der Waals surface area (Å²) in [6.45, 7) is 4.47. The van der Waals surface area contributed by atoms with Gasteiger partial charge in [0.15, 0.2) is 0 Å². The number of ether oxygens (including phenoxy) is 1. The Bertz CT molecular complexity index is 828. The first-order chi connectivity index (χ1) is 13.0. The van der Waals surface area contributed by atoms with Gasteiger partial charge in [0.25, 0.3) is 5.91 Å². The Hall–Kier alpha value is -2.66. The molecular formula is C22H26N2O3. The summed E-state index contributed by atoms with van der Waals surface area (Å²) in [5.41, 5.74) is 2.82. The standard InChI is InChI=1S/C22H26N2O3/c1-15(2)27-14-16-7-6-8-18(13-16)23-21(25)19-9-4-5-10-20(19)24(3)22(26)17-11-12-17/h4-10,13,15,17H,11-12,14H2,1-3H3,(H,23,25). The molecule has 0 atom stereocenters. The van der Waals surface area contributed by atoms with E-state index in [2.05, 4.69) is 5.32 Å². The van der Waals surface area contributed by atoms with Crippen LogP contribution in [0.5, 0.6) is 0 Å². The summed E-state index contributed by atoms with van der Waals surface area (Å²) in [5, 5.41) is 2.93. The molecule has 1 N–H and O–H groups in total. The molecule has 2 aromatic rings. The maximum absolute atomic E-state index is 12.8. The second-order valence-corrected chi connectivity index (χ2v) is 7.20. The van der Waals surface area contributed by atoms with Crippen molar-refractivity contribution in [2.45, 2.75) is 39.4 Å². The number of amides is 2. The summed E-state index contributed by atoms with van der Waals surface area (Å²) in [6, 6.07) is 14.8. The van der Waals surface area contributed by atoms with Crippen LogP contribution in [0.25, 0.3) is 0 Å². The monoisotopic (exact) mass is 366 g/mol. The van der Waals surface area contributed by atoms with E-state index in [9.17, 15) is 9.59 Å². The third kappa shape index (κ3) is 4.95. The Kier molecular flexibility index (Phi) is 5.91. The predicted molar refractivity (Wildman–Crippen MR) is 107 cm³/mol. The number of hydrogen-bond acceptors (Lipinski definition) is 3. The van der Waals surface area contributed by atoms with E-state index >= 15 is 0 Å². The maximum atomic E-state index is 12.8. The Balaban J connectivity index is 1.75. The van der Waals surface area contributed by atoms with Crippen molar-refractivity contribution in [3.8, 4) is 0 Å². The quantitative estimate of drug-likeness (QED) is 0.797. The Morgan fingerprint density at radius 2 is 1.89 bits per heavy atom. The lowest BCUT2D eigenvalue weighted by atomic mass is 10.1. The topological polar surface area (TPSA) is 58.6 Å². The fourth-order valence-corrected chi connectivity index (χ4v) is 2.88. The van der Waals surface area contributed by atoms with Gasteiger partial charge in [-0.05, 0) is 56.5 Å². The van der Waals surface area contributed by atoms with Crippen molar-refractivity contribution in [1.29, 1.82) is 0 Å². The fraction of sp³-hybridized carbons (Fsp3) is 0.364. The first-order valence-corrected chi connectivity index (χ1v) is 9.34. The number of benzene rings is 2. The van der Waals surface area contributed by atoms with Gasteiger partial charge in [-0.25, -0.2) is 0 Å². The maximum Gasteiger partial charge on any atom is 0.257 e. The van der Waals surface area contributed by atoms with Crippen LogP contribution in [-0.4, -0.2) is 25.0 Å². The van der Waals surface area contributed by atoms with Crippen LogP contribution < -0.4 is 10.2 Å². The van der Waals surface area contributed by atoms with Crippen LogP contribution in [0.15, 0.2) is 48.5 Å². The zero-order valence-electron chi connectivity index (χ0n) is 16.1. The highest BCUT2D eigenvalue weighted by Gasteiger charge is 2.33. The molecule has 0 aliphatic heterocycles. The van der Waals surface area contributed by atoms with Gasteiger partial charge in [0, 0.05) is 18.7 Å². The van der Waals surface area contributed by atoms with Crippen molar-refractivity contribution in [2.24, 2.45) is 5.92 Å². The molecule has 0 heterocycles. The van der Waals surface area contributed by atoms with Gasteiger partial charge < -0.3 is 15.0 Å². The van der Waals surface area contributed by atoms with Crippen LogP contribution in [-0.2, 0) is 16.1 Å². The number of anilines is 2. The van der Waals surface area contributed by atoms with Crippen LogP contribution in [0.3, 0.4) is 0 Å². The van der Waals surface area contributed by atoms with Crippen LogP contribution in [0, 0.1) is 5.92 Å². The third-order valence-electron chi connectivity index (χ3n) is 4.54. The lowest BCUT2D eigenvalue weighted by molar-refractivity contribution is -0.119. The Morgan fingerprint density at radius 1 is 1.15 bits per heavy atom. The molecule has 0 unspecified atom stereocenters. The molecule has 0 bridgehead atoms. The molecule has 5 nitrogen and oxygen atoms in total. The smallest absolute Gasteiger partial charge is 0.257 e. The van der Waals surface area contributed by atoms with Gasteiger partial charge in [0.1, 0.15) is 0 Å². The number of hydrogen-bond donors (Lipinski definition) is 1. The molecule has 1 aliphatic rings. The van der Waals surface area contributed by atoms with E-state index < -0.39 is 0 Å². The zero-order valence-corrected chi connectivity index (χ0v) is 16.1. The largest absolute Gasteiger partial charge is 0.374 e. The fourth-order valence-electron chi connectivity index (χ4n) is 2.88. The van der Waals surface area contributed by atoms with E-state index in [1.54, 1.807) is 24.1 Å². The highest BCUT2D eigenvalue weighted by Crippen LogP contribution is 2.33. The van der Waals surface area contributed by atoms with E-state index in [1.165, 1.54) is 0 Å². The minimum atomic E-state index is -0.233. The van der Waals surface area contributed by atoms with Crippen LogP contribution in [0.1, 0.15) is 42.6 Å². The second-order valence-electron chi connectivity index (χ2n) is 7.20. The molecule has 1 aliphatic carbocycles. The van der Waals surface area contributed by atoms with Gasteiger partial charge in [0.05, 0.1) is 24.0 Å².